The third-order valence-corrected chi connectivity index (χ3v) is 4.57. The van der Waals surface area contributed by atoms with Gasteiger partial charge < -0.3 is 9.47 Å². The molecule has 0 radical (unpaired) electrons. The Morgan fingerprint density at radius 2 is 1.67 bits per heavy atom. The minimum absolute atomic E-state index is 0.0233. The molecule has 0 saturated carbocycles. The Hall–Kier alpha value is -1.80. The van der Waals surface area contributed by atoms with Crippen molar-refractivity contribution >= 4 is 0 Å². The van der Waals surface area contributed by atoms with Crippen molar-refractivity contribution in [2.24, 2.45) is 0 Å². The van der Waals surface area contributed by atoms with E-state index in [0.717, 1.165) is 24.4 Å². The van der Waals surface area contributed by atoms with Crippen molar-refractivity contribution in [3.8, 4) is 0 Å². The second-order valence-corrected chi connectivity index (χ2v) is 8.28. The van der Waals surface area contributed by atoms with Crippen LogP contribution in [-0.4, -0.2) is 42.7 Å². The minimum Gasteiger partial charge on any atom is -0.366 e. The molecule has 8 heteroatoms. The fourth-order valence-corrected chi connectivity index (χ4v) is 2.82. The molecule has 2 aromatic heterocycles. The molecule has 0 aromatic carbocycles. The van der Waals surface area contributed by atoms with Crippen LogP contribution in [0.25, 0.3) is 0 Å². The van der Waals surface area contributed by atoms with Gasteiger partial charge in [-0.2, -0.15) is 0 Å². The summed E-state index contributed by atoms with van der Waals surface area (Å²) in [6.45, 7) is 11.3. The molecule has 4 rings (SSSR count). The molecule has 2 saturated heterocycles. The average molecular weight is 332 g/mol. The van der Waals surface area contributed by atoms with Gasteiger partial charge in [0.15, 0.2) is 0 Å². The molecule has 2 aliphatic rings. The Morgan fingerprint density at radius 3 is 2.29 bits per heavy atom. The van der Waals surface area contributed by atoms with Gasteiger partial charge in [-0.15, -0.1) is 10.2 Å². The van der Waals surface area contributed by atoms with Crippen molar-refractivity contribution in [2.75, 3.05) is 6.61 Å². The van der Waals surface area contributed by atoms with Crippen molar-refractivity contribution in [3.05, 3.63) is 23.8 Å². The topological polar surface area (TPSA) is 86.5 Å². The van der Waals surface area contributed by atoms with Crippen molar-refractivity contribution in [3.63, 3.8) is 0 Å². The third kappa shape index (κ3) is 2.95. The van der Waals surface area contributed by atoms with Crippen LogP contribution >= 0.6 is 0 Å². The molecule has 130 valence electrons. The first-order chi connectivity index (χ1) is 11.2. The van der Waals surface area contributed by atoms with E-state index in [9.17, 15) is 0 Å². The maximum Gasteiger partial charge on any atom is 0.130 e. The number of hydrogen-bond acceptors (Lipinski definition) is 6. The van der Waals surface area contributed by atoms with E-state index in [1.807, 2.05) is 21.8 Å². The first kappa shape index (κ1) is 15.7. The Bertz CT molecular complexity index is 740. The summed E-state index contributed by atoms with van der Waals surface area (Å²) >= 11 is 0. The predicted molar refractivity (Wildman–Crippen MR) is 85.3 cm³/mol. The lowest BCUT2D eigenvalue weighted by atomic mass is 9.97. The molecule has 0 amide bonds. The molecule has 0 spiro atoms. The summed E-state index contributed by atoms with van der Waals surface area (Å²) in [6.07, 6.45) is 5.09. The molecule has 24 heavy (non-hydrogen) atoms. The standard InChI is InChI=1S/C16H24N6O2/c1-15(2,3)21-8-11(18-19-21)14-12(24-14)6-16(4,5)22-7-10(17-20-22)13-9-23-13/h7-8,12-14H,6,9H2,1-5H3/t12?,13?,14-/m0/s1. The van der Waals surface area contributed by atoms with Crippen LogP contribution in [0.3, 0.4) is 0 Å². The largest absolute Gasteiger partial charge is 0.366 e. The second-order valence-electron chi connectivity index (χ2n) is 8.28. The SMILES string of the molecule is CC(C)(C)n1cc([C@@H]2OC2CC(C)(C)n2cc(C3CO3)nn2)nn1. The number of epoxide rings is 2. The fourth-order valence-electron chi connectivity index (χ4n) is 2.82. The number of ether oxygens (including phenoxy) is 2. The van der Waals surface area contributed by atoms with E-state index < -0.39 is 0 Å². The monoisotopic (exact) mass is 332 g/mol. The van der Waals surface area contributed by atoms with Crippen LogP contribution < -0.4 is 0 Å². The molecule has 2 fully saturated rings. The highest BCUT2D eigenvalue weighted by Crippen LogP contribution is 2.44. The lowest BCUT2D eigenvalue weighted by Crippen LogP contribution is -2.29. The lowest BCUT2D eigenvalue weighted by molar-refractivity contribution is 0.248. The van der Waals surface area contributed by atoms with Gasteiger partial charge >= 0.3 is 0 Å². The zero-order chi connectivity index (χ0) is 17.1. The predicted octanol–water partition coefficient (Wildman–Crippen LogP) is 1.96. The van der Waals surface area contributed by atoms with Gasteiger partial charge in [0.1, 0.15) is 23.6 Å². The summed E-state index contributed by atoms with van der Waals surface area (Å²) in [4.78, 5) is 0. The van der Waals surface area contributed by atoms with Crippen LogP contribution in [0.2, 0.25) is 0 Å². The van der Waals surface area contributed by atoms with Crippen molar-refractivity contribution < 1.29 is 9.47 Å². The van der Waals surface area contributed by atoms with Gasteiger partial charge in [-0.25, -0.2) is 9.36 Å². The molecule has 2 aliphatic heterocycles. The molecule has 2 unspecified atom stereocenters. The van der Waals surface area contributed by atoms with Crippen LogP contribution in [-0.2, 0) is 20.6 Å². The summed E-state index contributed by atoms with van der Waals surface area (Å²) in [5, 5.41) is 16.9. The van der Waals surface area contributed by atoms with Gasteiger partial charge in [0.25, 0.3) is 0 Å². The lowest BCUT2D eigenvalue weighted by Gasteiger charge is -2.23. The number of hydrogen-bond donors (Lipinski definition) is 0. The van der Waals surface area contributed by atoms with E-state index in [1.165, 1.54) is 0 Å². The van der Waals surface area contributed by atoms with Gasteiger partial charge in [-0.3, -0.25) is 0 Å². The van der Waals surface area contributed by atoms with E-state index >= 15 is 0 Å². The van der Waals surface area contributed by atoms with Crippen LogP contribution in [0.4, 0.5) is 0 Å². The second kappa shape index (κ2) is 5.10. The maximum atomic E-state index is 5.85. The Kier molecular flexibility index (Phi) is 3.34. The summed E-state index contributed by atoms with van der Waals surface area (Å²) in [5.74, 6) is 0. The summed E-state index contributed by atoms with van der Waals surface area (Å²) in [5.41, 5.74) is 1.55. The van der Waals surface area contributed by atoms with Gasteiger partial charge in [0.2, 0.25) is 0 Å². The van der Waals surface area contributed by atoms with Crippen LogP contribution in [0.15, 0.2) is 12.4 Å². The number of nitrogens with zero attached hydrogens (tertiary/aromatic N) is 6. The molecule has 0 bridgehead atoms. The Labute approximate surface area is 141 Å². The van der Waals surface area contributed by atoms with Gasteiger partial charge in [-0.05, 0) is 34.6 Å². The number of rotatable bonds is 5. The molecule has 3 atom stereocenters. The fraction of sp³-hybridized carbons (Fsp3) is 0.750. The summed E-state index contributed by atoms with van der Waals surface area (Å²) in [7, 11) is 0. The molecular weight excluding hydrogens is 308 g/mol. The molecule has 8 nitrogen and oxygen atoms in total. The zero-order valence-electron chi connectivity index (χ0n) is 14.8. The quantitative estimate of drug-likeness (QED) is 0.778. The number of aromatic nitrogens is 6. The Balaban J connectivity index is 1.41. The van der Waals surface area contributed by atoms with E-state index in [2.05, 4.69) is 55.2 Å². The zero-order valence-corrected chi connectivity index (χ0v) is 14.8. The Morgan fingerprint density at radius 1 is 1.04 bits per heavy atom. The van der Waals surface area contributed by atoms with Crippen molar-refractivity contribution in [1.29, 1.82) is 0 Å². The van der Waals surface area contributed by atoms with Crippen LogP contribution in [0.5, 0.6) is 0 Å². The smallest absolute Gasteiger partial charge is 0.130 e. The van der Waals surface area contributed by atoms with E-state index in [0.29, 0.717) is 0 Å². The molecular formula is C16H24N6O2. The molecule has 4 heterocycles. The van der Waals surface area contributed by atoms with E-state index in [4.69, 9.17) is 9.47 Å². The van der Waals surface area contributed by atoms with Gasteiger partial charge in [-0.1, -0.05) is 10.4 Å². The van der Waals surface area contributed by atoms with Crippen molar-refractivity contribution in [2.45, 2.75) is 70.4 Å². The molecule has 0 aliphatic carbocycles. The molecule has 2 aromatic rings. The third-order valence-electron chi connectivity index (χ3n) is 4.57. The normalized spacial score (nSPS) is 26.6. The summed E-state index contributed by atoms with van der Waals surface area (Å²) in [6, 6.07) is 0. The highest BCUT2D eigenvalue weighted by Gasteiger charge is 2.46. The maximum absolute atomic E-state index is 5.85. The first-order valence-electron chi connectivity index (χ1n) is 8.36. The minimum atomic E-state index is -0.181. The van der Waals surface area contributed by atoms with Crippen molar-refractivity contribution in [1.82, 2.24) is 30.0 Å². The first-order valence-corrected chi connectivity index (χ1v) is 8.36. The summed E-state index contributed by atoms with van der Waals surface area (Å²) < 4.78 is 14.9. The average Bonchev–Trinajstić information content (AvgIpc) is 3.35. The highest BCUT2D eigenvalue weighted by atomic mass is 16.6. The van der Waals surface area contributed by atoms with E-state index in [-0.39, 0.29) is 29.4 Å². The molecule has 0 N–H and O–H groups in total. The highest BCUT2D eigenvalue weighted by molar-refractivity contribution is 5.10. The van der Waals surface area contributed by atoms with Gasteiger partial charge in [0, 0.05) is 6.42 Å². The van der Waals surface area contributed by atoms with Gasteiger partial charge in [0.05, 0.1) is 36.2 Å². The van der Waals surface area contributed by atoms with Crippen LogP contribution in [0, 0.1) is 0 Å². The van der Waals surface area contributed by atoms with E-state index in [1.54, 1.807) is 0 Å². The van der Waals surface area contributed by atoms with Crippen LogP contribution in [0.1, 0.15) is 64.6 Å².